The Labute approximate surface area is 164 Å². The van der Waals surface area contributed by atoms with Crippen molar-refractivity contribution < 1.29 is 19.1 Å². The number of fused-ring (bicyclic) bond motifs is 1. The van der Waals surface area contributed by atoms with E-state index in [-0.39, 0.29) is 30.2 Å². The van der Waals surface area contributed by atoms with Crippen molar-refractivity contribution in [3.05, 3.63) is 29.3 Å². The van der Waals surface area contributed by atoms with Gasteiger partial charge in [0.25, 0.3) is 5.91 Å². The van der Waals surface area contributed by atoms with Crippen molar-refractivity contribution in [2.75, 3.05) is 6.54 Å². The number of nitrogens with zero attached hydrogens (tertiary/aromatic N) is 1. The van der Waals surface area contributed by atoms with Crippen LogP contribution in [0.4, 0.5) is 0 Å². The molecule has 0 radical (unpaired) electrons. The fraction of sp³-hybridized carbons (Fsp3) is 0.571. The van der Waals surface area contributed by atoms with E-state index >= 15 is 0 Å². The standard InChI is InChI=1S/C21H27N3O4/c1-2-22-16-5-3-4-6-18(16)28-14-7-8-15-13(11-14)12-24(21(15)27)17-9-10-19(25)23-20(17)26/h7-8,11,16-18,22H,2-6,9-10,12H2,1H3,(H,23,25,26)/t16-,17?,18-/m1/s1. The Balaban J connectivity index is 1.48. The zero-order chi connectivity index (χ0) is 19.7. The van der Waals surface area contributed by atoms with E-state index in [0.29, 0.717) is 24.6 Å². The first kappa shape index (κ1) is 18.9. The first-order valence-corrected chi connectivity index (χ1v) is 10.2. The minimum Gasteiger partial charge on any atom is -0.489 e. The predicted molar refractivity (Wildman–Crippen MR) is 103 cm³/mol. The Hall–Kier alpha value is -2.41. The highest BCUT2D eigenvalue weighted by Gasteiger charge is 2.39. The molecule has 2 heterocycles. The molecular formula is C21H27N3O4. The second-order valence-electron chi connectivity index (χ2n) is 7.82. The summed E-state index contributed by atoms with van der Waals surface area (Å²) in [6.07, 6.45) is 5.30. The number of likely N-dealkylation sites (N-methyl/N-ethyl adjacent to an activating group) is 1. The van der Waals surface area contributed by atoms with E-state index < -0.39 is 6.04 Å². The summed E-state index contributed by atoms with van der Waals surface area (Å²) in [4.78, 5) is 37.9. The maximum atomic E-state index is 12.8. The number of ether oxygens (including phenoxy) is 1. The summed E-state index contributed by atoms with van der Waals surface area (Å²) in [5.41, 5.74) is 1.49. The number of nitrogens with one attached hydrogen (secondary N) is 2. The van der Waals surface area contributed by atoms with Crippen LogP contribution in [0.3, 0.4) is 0 Å². The van der Waals surface area contributed by atoms with Crippen LogP contribution in [-0.2, 0) is 16.1 Å². The zero-order valence-corrected chi connectivity index (χ0v) is 16.2. The molecule has 1 saturated carbocycles. The number of amides is 3. The lowest BCUT2D eigenvalue weighted by Crippen LogP contribution is -2.52. The normalized spacial score (nSPS) is 27.5. The lowest BCUT2D eigenvalue weighted by Gasteiger charge is -2.32. The first-order chi connectivity index (χ1) is 13.6. The lowest BCUT2D eigenvalue weighted by atomic mass is 9.92. The van der Waals surface area contributed by atoms with Gasteiger partial charge in [0.05, 0.1) is 0 Å². The molecule has 7 nitrogen and oxygen atoms in total. The summed E-state index contributed by atoms with van der Waals surface area (Å²) in [6, 6.07) is 5.34. The van der Waals surface area contributed by atoms with Gasteiger partial charge in [-0.3, -0.25) is 19.7 Å². The summed E-state index contributed by atoms with van der Waals surface area (Å²) >= 11 is 0. The van der Waals surface area contributed by atoms with Crippen LogP contribution >= 0.6 is 0 Å². The van der Waals surface area contributed by atoms with Crippen molar-refractivity contribution in [2.45, 2.75) is 70.2 Å². The third kappa shape index (κ3) is 3.63. The van der Waals surface area contributed by atoms with Gasteiger partial charge in [-0.1, -0.05) is 13.3 Å². The SMILES string of the molecule is CCN[C@@H]1CCCC[C@H]1Oc1ccc2c(c1)CN(C1CCC(=O)NC1=O)C2=O. The lowest BCUT2D eigenvalue weighted by molar-refractivity contribution is -0.136. The third-order valence-electron chi connectivity index (χ3n) is 5.95. The van der Waals surface area contributed by atoms with Gasteiger partial charge in [-0.25, -0.2) is 0 Å². The molecule has 1 aromatic rings. The number of benzene rings is 1. The van der Waals surface area contributed by atoms with Gasteiger partial charge < -0.3 is 15.0 Å². The van der Waals surface area contributed by atoms with Crippen LogP contribution in [0.25, 0.3) is 0 Å². The highest BCUT2D eigenvalue weighted by atomic mass is 16.5. The maximum Gasteiger partial charge on any atom is 0.255 e. The molecule has 4 rings (SSSR count). The molecule has 3 aliphatic rings. The number of rotatable bonds is 5. The van der Waals surface area contributed by atoms with Gasteiger partial charge in [0.1, 0.15) is 17.9 Å². The average molecular weight is 385 g/mol. The highest BCUT2D eigenvalue weighted by molar-refractivity contribution is 6.05. The summed E-state index contributed by atoms with van der Waals surface area (Å²) < 4.78 is 6.28. The Morgan fingerprint density at radius 1 is 1.18 bits per heavy atom. The van der Waals surface area contributed by atoms with E-state index in [1.165, 1.54) is 12.8 Å². The second kappa shape index (κ2) is 7.91. The Kier molecular flexibility index (Phi) is 5.35. The molecule has 0 aromatic heterocycles. The molecular weight excluding hydrogens is 358 g/mol. The van der Waals surface area contributed by atoms with Crippen molar-refractivity contribution >= 4 is 17.7 Å². The monoisotopic (exact) mass is 385 g/mol. The van der Waals surface area contributed by atoms with Gasteiger partial charge in [0, 0.05) is 24.6 Å². The number of imide groups is 1. The molecule has 1 aliphatic carbocycles. The van der Waals surface area contributed by atoms with Crippen LogP contribution in [0.5, 0.6) is 5.75 Å². The summed E-state index contributed by atoms with van der Waals surface area (Å²) in [6.45, 7) is 3.40. The third-order valence-corrected chi connectivity index (χ3v) is 5.95. The van der Waals surface area contributed by atoms with Gasteiger partial charge >= 0.3 is 0 Å². The molecule has 3 amide bonds. The van der Waals surface area contributed by atoms with E-state index in [9.17, 15) is 14.4 Å². The summed E-state index contributed by atoms with van der Waals surface area (Å²) in [7, 11) is 0. The number of piperidine rings is 1. The van der Waals surface area contributed by atoms with Crippen molar-refractivity contribution in [3.8, 4) is 5.75 Å². The summed E-state index contributed by atoms with van der Waals surface area (Å²) in [5.74, 6) is -0.0425. The van der Waals surface area contributed by atoms with Gasteiger partial charge in [-0.05, 0) is 56.0 Å². The minimum absolute atomic E-state index is 0.134. The molecule has 1 aromatic carbocycles. The number of carbonyl (C=O) groups is 3. The van der Waals surface area contributed by atoms with Crippen LogP contribution in [0.1, 0.15) is 61.4 Å². The van der Waals surface area contributed by atoms with Crippen molar-refractivity contribution in [1.82, 2.24) is 15.5 Å². The van der Waals surface area contributed by atoms with Crippen molar-refractivity contribution in [2.24, 2.45) is 0 Å². The fourth-order valence-corrected chi connectivity index (χ4v) is 4.53. The second-order valence-corrected chi connectivity index (χ2v) is 7.82. The maximum absolute atomic E-state index is 12.8. The average Bonchev–Trinajstić information content (AvgIpc) is 2.99. The van der Waals surface area contributed by atoms with Gasteiger partial charge in [-0.2, -0.15) is 0 Å². The van der Waals surface area contributed by atoms with Crippen LogP contribution in [-0.4, -0.2) is 47.4 Å². The quantitative estimate of drug-likeness (QED) is 0.754. The molecule has 0 spiro atoms. The highest BCUT2D eigenvalue weighted by Crippen LogP contribution is 2.31. The topological polar surface area (TPSA) is 87.7 Å². The van der Waals surface area contributed by atoms with Crippen LogP contribution < -0.4 is 15.4 Å². The molecule has 1 unspecified atom stereocenters. The summed E-state index contributed by atoms with van der Waals surface area (Å²) in [5, 5.41) is 5.85. The fourth-order valence-electron chi connectivity index (χ4n) is 4.53. The van der Waals surface area contributed by atoms with Crippen LogP contribution in [0.2, 0.25) is 0 Å². The molecule has 28 heavy (non-hydrogen) atoms. The van der Waals surface area contributed by atoms with E-state index in [0.717, 1.165) is 30.7 Å². The largest absolute Gasteiger partial charge is 0.489 e. The number of hydrogen-bond acceptors (Lipinski definition) is 5. The predicted octanol–water partition coefficient (Wildman–Crippen LogP) is 1.75. The van der Waals surface area contributed by atoms with Gasteiger partial charge in [0.15, 0.2) is 0 Å². The molecule has 2 fully saturated rings. The zero-order valence-electron chi connectivity index (χ0n) is 16.2. The van der Waals surface area contributed by atoms with Gasteiger partial charge in [0.2, 0.25) is 11.8 Å². The molecule has 3 atom stereocenters. The number of carbonyl (C=O) groups excluding carboxylic acids is 3. The molecule has 2 N–H and O–H groups in total. The molecule has 0 bridgehead atoms. The van der Waals surface area contributed by atoms with Crippen molar-refractivity contribution in [3.63, 3.8) is 0 Å². The van der Waals surface area contributed by atoms with Gasteiger partial charge in [-0.15, -0.1) is 0 Å². The van der Waals surface area contributed by atoms with Crippen LogP contribution in [0, 0.1) is 0 Å². The van der Waals surface area contributed by atoms with E-state index in [4.69, 9.17) is 4.74 Å². The van der Waals surface area contributed by atoms with E-state index in [2.05, 4.69) is 17.6 Å². The molecule has 1 saturated heterocycles. The Bertz CT molecular complexity index is 792. The van der Waals surface area contributed by atoms with E-state index in [1.54, 1.807) is 11.0 Å². The van der Waals surface area contributed by atoms with E-state index in [1.807, 2.05) is 12.1 Å². The molecule has 150 valence electrons. The van der Waals surface area contributed by atoms with Crippen molar-refractivity contribution in [1.29, 1.82) is 0 Å². The smallest absolute Gasteiger partial charge is 0.255 e. The minimum atomic E-state index is -0.585. The molecule has 2 aliphatic heterocycles. The Morgan fingerprint density at radius 3 is 2.79 bits per heavy atom. The van der Waals surface area contributed by atoms with Crippen LogP contribution in [0.15, 0.2) is 18.2 Å². The number of hydrogen-bond donors (Lipinski definition) is 2. The Morgan fingerprint density at radius 2 is 2.00 bits per heavy atom. The molecule has 7 heteroatoms. The first-order valence-electron chi connectivity index (χ1n) is 10.2.